The summed E-state index contributed by atoms with van der Waals surface area (Å²) in [6.45, 7) is 0.366. The second kappa shape index (κ2) is 11.1. The summed E-state index contributed by atoms with van der Waals surface area (Å²) in [4.78, 5) is 34.1. The summed E-state index contributed by atoms with van der Waals surface area (Å²) < 4.78 is 24.8. The molecule has 2 aromatic carbocycles. The average molecular weight is 531 g/mol. The summed E-state index contributed by atoms with van der Waals surface area (Å²) >= 11 is 12.4. The van der Waals surface area contributed by atoms with Crippen molar-refractivity contribution in [1.82, 2.24) is 14.9 Å². The van der Waals surface area contributed by atoms with Crippen molar-refractivity contribution < 1.29 is 23.5 Å². The maximum atomic E-state index is 13.5. The van der Waals surface area contributed by atoms with Gasteiger partial charge in [0.05, 0.1) is 17.2 Å². The van der Waals surface area contributed by atoms with E-state index in [-0.39, 0.29) is 11.6 Å². The van der Waals surface area contributed by atoms with Crippen LogP contribution in [0.2, 0.25) is 5.02 Å². The van der Waals surface area contributed by atoms with E-state index in [1.54, 1.807) is 24.3 Å². The fraction of sp³-hybridized carbons (Fsp3) is 0.320. The molecule has 11 heteroatoms. The molecular formula is C25H21Cl2FN4O4. The van der Waals surface area contributed by atoms with E-state index in [0.717, 1.165) is 31.4 Å². The van der Waals surface area contributed by atoms with Crippen molar-refractivity contribution in [3.05, 3.63) is 59.5 Å². The van der Waals surface area contributed by atoms with Crippen molar-refractivity contribution in [1.29, 1.82) is 5.26 Å². The number of halogens is 3. The van der Waals surface area contributed by atoms with Crippen molar-refractivity contribution in [2.45, 2.75) is 30.2 Å². The summed E-state index contributed by atoms with van der Waals surface area (Å²) in [7, 11) is 0. The van der Waals surface area contributed by atoms with E-state index in [0.29, 0.717) is 29.1 Å². The van der Waals surface area contributed by atoms with Gasteiger partial charge in [0.25, 0.3) is 10.8 Å². The lowest BCUT2D eigenvalue weighted by Gasteiger charge is -2.32. The molecule has 0 radical (unpaired) electrons. The Labute approximate surface area is 216 Å². The number of fused-ring (bicyclic) bond motifs is 1. The van der Waals surface area contributed by atoms with Crippen LogP contribution in [0, 0.1) is 17.1 Å². The van der Waals surface area contributed by atoms with E-state index >= 15 is 0 Å². The molecule has 1 amide bonds. The molecule has 2 unspecified atom stereocenters. The molecule has 1 aliphatic rings. The molecular weight excluding hydrogens is 510 g/mol. The summed E-state index contributed by atoms with van der Waals surface area (Å²) in [5, 5.41) is 10.3. The molecule has 2 heterocycles. The monoisotopic (exact) mass is 530 g/mol. The predicted molar refractivity (Wildman–Crippen MR) is 130 cm³/mol. The summed E-state index contributed by atoms with van der Waals surface area (Å²) in [6.07, 6.45) is 2.31. The van der Waals surface area contributed by atoms with E-state index in [1.807, 2.05) is 0 Å². The zero-order valence-corrected chi connectivity index (χ0v) is 20.5. The van der Waals surface area contributed by atoms with E-state index in [2.05, 4.69) is 9.97 Å². The van der Waals surface area contributed by atoms with Gasteiger partial charge in [-0.3, -0.25) is 9.59 Å². The molecule has 1 aliphatic heterocycles. The highest BCUT2D eigenvalue weighted by molar-refractivity contribution is 6.49. The Kier molecular flexibility index (Phi) is 7.87. The SMILES string of the molecule is N#CC(Cl)(C(=O)C(COc1cnc2cc(Cl)ccc2n1)Oc1ccc(F)cc1)C(=O)N1CCCCC1. The minimum atomic E-state index is -2.52. The quantitative estimate of drug-likeness (QED) is 0.315. The molecule has 1 aromatic heterocycles. The number of hydrogen-bond donors (Lipinski definition) is 0. The van der Waals surface area contributed by atoms with Crippen LogP contribution in [0.3, 0.4) is 0 Å². The number of amides is 1. The van der Waals surface area contributed by atoms with Crippen LogP contribution in [-0.4, -0.2) is 57.2 Å². The van der Waals surface area contributed by atoms with Crippen LogP contribution in [0.25, 0.3) is 11.0 Å². The lowest BCUT2D eigenvalue weighted by Crippen LogP contribution is -2.56. The van der Waals surface area contributed by atoms with E-state index in [9.17, 15) is 19.2 Å². The Morgan fingerprint density at radius 1 is 1.14 bits per heavy atom. The van der Waals surface area contributed by atoms with Crippen molar-refractivity contribution in [3.8, 4) is 17.7 Å². The van der Waals surface area contributed by atoms with Crippen LogP contribution < -0.4 is 9.47 Å². The number of piperidine rings is 1. The number of ketones is 1. The highest BCUT2D eigenvalue weighted by atomic mass is 35.5. The first kappa shape index (κ1) is 25.6. The molecule has 0 bridgehead atoms. The maximum Gasteiger partial charge on any atom is 0.270 e. The number of nitriles is 1. The number of hydrogen-bond acceptors (Lipinski definition) is 7. The number of benzene rings is 2. The van der Waals surface area contributed by atoms with Gasteiger partial charge in [0.2, 0.25) is 11.7 Å². The number of ether oxygens (including phenoxy) is 2. The van der Waals surface area contributed by atoms with Gasteiger partial charge in [-0.05, 0) is 61.7 Å². The molecule has 4 rings (SSSR count). The molecule has 1 fully saturated rings. The lowest BCUT2D eigenvalue weighted by molar-refractivity contribution is -0.141. The number of carbonyl (C=O) groups excluding carboxylic acids is 2. The van der Waals surface area contributed by atoms with Gasteiger partial charge in [0.1, 0.15) is 24.2 Å². The fourth-order valence-corrected chi connectivity index (χ4v) is 4.19. The van der Waals surface area contributed by atoms with Crippen LogP contribution in [-0.2, 0) is 9.59 Å². The van der Waals surface area contributed by atoms with Gasteiger partial charge in [-0.2, -0.15) is 5.26 Å². The highest BCUT2D eigenvalue weighted by Crippen LogP contribution is 2.26. The van der Waals surface area contributed by atoms with Crippen LogP contribution >= 0.6 is 23.2 Å². The minimum absolute atomic E-state index is 0.0739. The van der Waals surface area contributed by atoms with Crippen molar-refractivity contribution >= 4 is 45.9 Å². The Morgan fingerprint density at radius 2 is 1.86 bits per heavy atom. The number of nitrogens with zero attached hydrogens (tertiary/aromatic N) is 4. The lowest BCUT2D eigenvalue weighted by atomic mass is 9.97. The molecule has 3 aromatic rings. The summed E-state index contributed by atoms with van der Waals surface area (Å²) in [5.74, 6) is -2.10. The summed E-state index contributed by atoms with van der Waals surface area (Å²) in [5.41, 5.74) is 1.05. The van der Waals surface area contributed by atoms with Crippen molar-refractivity contribution in [2.75, 3.05) is 19.7 Å². The fourth-order valence-electron chi connectivity index (χ4n) is 3.78. The topological polar surface area (TPSA) is 105 Å². The Morgan fingerprint density at radius 3 is 2.56 bits per heavy atom. The minimum Gasteiger partial charge on any atom is -0.479 e. The molecule has 2 atom stereocenters. The molecule has 8 nitrogen and oxygen atoms in total. The van der Waals surface area contributed by atoms with Gasteiger partial charge < -0.3 is 14.4 Å². The third-order valence-corrected chi connectivity index (χ3v) is 6.35. The third-order valence-electron chi connectivity index (χ3n) is 5.68. The van der Waals surface area contributed by atoms with Crippen LogP contribution in [0.15, 0.2) is 48.7 Å². The predicted octanol–water partition coefficient (Wildman–Crippen LogP) is 4.33. The van der Waals surface area contributed by atoms with Crippen LogP contribution in [0.4, 0.5) is 4.39 Å². The normalized spacial score (nSPS) is 16.0. The van der Waals surface area contributed by atoms with Crippen molar-refractivity contribution in [3.63, 3.8) is 0 Å². The number of carbonyl (C=O) groups is 2. The highest BCUT2D eigenvalue weighted by Gasteiger charge is 2.51. The Bertz CT molecular complexity index is 1310. The standard InChI is InChI=1S/C25H21Cl2FN4O4/c26-16-4-9-19-20(12-16)30-13-22(31-19)35-14-21(36-18-7-5-17(28)6-8-18)23(33)25(27,15-29)24(34)32-10-2-1-3-11-32/h4-9,12-13,21H,1-3,10-11,14H2. The molecule has 186 valence electrons. The van der Waals surface area contributed by atoms with Gasteiger partial charge in [-0.25, -0.2) is 14.4 Å². The average Bonchev–Trinajstić information content (AvgIpc) is 2.91. The molecule has 0 aliphatic carbocycles. The van der Waals surface area contributed by atoms with Gasteiger partial charge in [-0.1, -0.05) is 23.2 Å². The van der Waals surface area contributed by atoms with Gasteiger partial charge in [0, 0.05) is 18.1 Å². The molecule has 0 saturated carbocycles. The smallest absolute Gasteiger partial charge is 0.270 e. The summed E-state index contributed by atoms with van der Waals surface area (Å²) in [6, 6.07) is 11.5. The number of likely N-dealkylation sites (tertiary alicyclic amines) is 1. The second-order valence-corrected chi connectivity index (χ2v) is 9.20. The number of alkyl halides is 1. The van der Waals surface area contributed by atoms with E-state index in [4.69, 9.17) is 32.7 Å². The first-order valence-corrected chi connectivity index (χ1v) is 12.0. The van der Waals surface area contributed by atoms with Gasteiger partial charge >= 0.3 is 0 Å². The zero-order chi connectivity index (χ0) is 25.7. The van der Waals surface area contributed by atoms with Crippen LogP contribution in [0.5, 0.6) is 11.6 Å². The van der Waals surface area contributed by atoms with Gasteiger partial charge in [0.15, 0.2) is 6.10 Å². The maximum absolute atomic E-state index is 13.5. The number of Topliss-reactive ketones (excluding diaryl/α,β-unsaturated/α-hetero) is 1. The second-order valence-electron chi connectivity index (χ2n) is 8.20. The van der Waals surface area contributed by atoms with Crippen molar-refractivity contribution in [2.24, 2.45) is 0 Å². The zero-order valence-electron chi connectivity index (χ0n) is 19.0. The molecule has 0 N–H and O–H groups in total. The number of rotatable bonds is 8. The number of aromatic nitrogens is 2. The van der Waals surface area contributed by atoms with E-state index < -0.39 is 35.1 Å². The molecule has 36 heavy (non-hydrogen) atoms. The Hall–Kier alpha value is -3.48. The largest absolute Gasteiger partial charge is 0.479 e. The first-order valence-electron chi connectivity index (χ1n) is 11.2. The van der Waals surface area contributed by atoms with Gasteiger partial charge in [-0.15, -0.1) is 0 Å². The van der Waals surface area contributed by atoms with Crippen LogP contribution in [0.1, 0.15) is 19.3 Å². The van der Waals surface area contributed by atoms with E-state index in [1.165, 1.54) is 23.2 Å². The molecule has 0 spiro atoms. The Balaban J connectivity index is 1.59. The molecule has 1 saturated heterocycles. The third kappa shape index (κ3) is 5.66. The first-order chi connectivity index (χ1) is 17.3.